The van der Waals surface area contributed by atoms with E-state index >= 15 is 0 Å². The fourth-order valence-electron chi connectivity index (χ4n) is 3.63. The Bertz CT molecular complexity index is 931. The summed E-state index contributed by atoms with van der Waals surface area (Å²) >= 11 is 1.50. The molecule has 0 spiro atoms. The number of nitrogens with zero attached hydrogens (tertiary/aromatic N) is 2. The monoisotopic (exact) mass is 398 g/mol. The minimum Gasteiger partial charge on any atom is -0.340 e. The summed E-state index contributed by atoms with van der Waals surface area (Å²) in [4.78, 5) is 45.5. The molecule has 28 heavy (non-hydrogen) atoms. The van der Waals surface area contributed by atoms with Crippen molar-refractivity contribution in [3.63, 3.8) is 0 Å². The van der Waals surface area contributed by atoms with Crippen molar-refractivity contribution in [2.45, 2.75) is 39.2 Å². The lowest BCUT2D eigenvalue weighted by atomic mass is 10.0. The smallest absolute Gasteiger partial charge is 0.254 e. The van der Waals surface area contributed by atoms with Gasteiger partial charge in [0.2, 0.25) is 11.8 Å². The van der Waals surface area contributed by atoms with E-state index in [2.05, 4.69) is 15.6 Å². The van der Waals surface area contributed by atoms with E-state index in [0.717, 1.165) is 25.0 Å². The molecular formula is C20H22N4O3S. The molecule has 146 valence electrons. The Kier molecular flexibility index (Phi) is 4.89. The van der Waals surface area contributed by atoms with E-state index in [1.807, 2.05) is 13.8 Å². The highest BCUT2D eigenvalue weighted by Crippen LogP contribution is 2.31. The third kappa shape index (κ3) is 3.40. The van der Waals surface area contributed by atoms with Crippen molar-refractivity contribution in [2.75, 3.05) is 16.8 Å². The van der Waals surface area contributed by atoms with E-state index in [1.165, 1.54) is 21.1 Å². The number of anilines is 2. The SMILES string of the molecule is CC(C)C1NC(=O)c2ccccc2N(CC(=O)Nc2nc3c(s2)CCC3)C1=O. The minimum atomic E-state index is -0.684. The lowest BCUT2D eigenvalue weighted by Crippen LogP contribution is -2.50. The van der Waals surface area contributed by atoms with Crippen molar-refractivity contribution >= 4 is 39.9 Å². The van der Waals surface area contributed by atoms with Crippen LogP contribution in [0.2, 0.25) is 0 Å². The summed E-state index contributed by atoms with van der Waals surface area (Å²) in [7, 11) is 0. The standard InChI is InChI=1S/C20H22N4O3S/c1-11(2)17-19(27)24(14-8-4-3-6-12(14)18(26)23-17)10-16(25)22-20-21-13-7-5-9-15(13)28-20/h3-4,6,8,11,17H,5,7,9-10H2,1-2H3,(H,23,26)(H,21,22,25). The largest absolute Gasteiger partial charge is 0.340 e. The summed E-state index contributed by atoms with van der Waals surface area (Å²) in [5.74, 6) is -1.02. The van der Waals surface area contributed by atoms with Crippen LogP contribution in [0.4, 0.5) is 10.8 Å². The highest BCUT2D eigenvalue weighted by molar-refractivity contribution is 7.15. The Balaban J connectivity index is 1.59. The van der Waals surface area contributed by atoms with Crippen LogP contribution in [0, 0.1) is 5.92 Å². The first-order chi connectivity index (χ1) is 13.4. The van der Waals surface area contributed by atoms with Crippen LogP contribution in [0.15, 0.2) is 24.3 Å². The molecule has 2 N–H and O–H groups in total. The summed E-state index contributed by atoms with van der Waals surface area (Å²) in [5.41, 5.74) is 1.90. The van der Waals surface area contributed by atoms with Gasteiger partial charge in [-0.2, -0.15) is 0 Å². The van der Waals surface area contributed by atoms with Crippen LogP contribution in [0.3, 0.4) is 0 Å². The maximum Gasteiger partial charge on any atom is 0.254 e. The quantitative estimate of drug-likeness (QED) is 0.827. The van der Waals surface area contributed by atoms with Gasteiger partial charge in [-0.25, -0.2) is 4.98 Å². The molecule has 7 nitrogen and oxygen atoms in total. The van der Waals surface area contributed by atoms with E-state index in [9.17, 15) is 14.4 Å². The Labute approximate surface area is 167 Å². The van der Waals surface area contributed by atoms with E-state index in [4.69, 9.17) is 0 Å². The van der Waals surface area contributed by atoms with E-state index in [0.29, 0.717) is 16.4 Å². The first kappa shape index (κ1) is 18.6. The van der Waals surface area contributed by atoms with Gasteiger partial charge in [0.1, 0.15) is 12.6 Å². The molecule has 8 heteroatoms. The van der Waals surface area contributed by atoms with Gasteiger partial charge in [0.15, 0.2) is 5.13 Å². The summed E-state index contributed by atoms with van der Waals surface area (Å²) in [6, 6.07) is 6.17. The molecule has 2 heterocycles. The number of aromatic nitrogens is 1. The third-order valence-corrected chi connectivity index (χ3v) is 6.14. The zero-order chi connectivity index (χ0) is 19.8. The third-order valence-electron chi connectivity index (χ3n) is 5.07. The van der Waals surface area contributed by atoms with Crippen molar-refractivity contribution in [3.8, 4) is 0 Å². The van der Waals surface area contributed by atoms with Crippen molar-refractivity contribution in [3.05, 3.63) is 40.4 Å². The second kappa shape index (κ2) is 7.35. The number of thiazole rings is 1. The number of amides is 3. The van der Waals surface area contributed by atoms with Gasteiger partial charge in [-0.3, -0.25) is 14.4 Å². The molecule has 2 aliphatic rings. The van der Waals surface area contributed by atoms with Crippen molar-refractivity contribution in [2.24, 2.45) is 5.92 Å². The van der Waals surface area contributed by atoms with Gasteiger partial charge in [0, 0.05) is 4.88 Å². The molecule has 1 aliphatic carbocycles. The number of aryl methyl sites for hydroxylation is 2. The average molecular weight is 398 g/mol. The lowest BCUT2D eigenvalue weighted by Gasteiger charge is -2.26. The maximum atomic E-state index is 13.1. The van der Waals surface area contributed by atoms with Crippen molar-refractivity contribution in [1.29, 1.82) is 0 Å². The molecule has 3 amide bonds. The van der Waals surface area contributed by atoms with Gasteiger partial charge in [-0.1, -0.05) is 26.0 Å². The predicted octanol–water partition coefficient (Wildman–Crippen LogP) is 2.37. The second-order valence-electron chi connectivity index (χ2n) is 7.43. The van der Waals surface area contributed by atoms with Crippen LogP contribution in [0.5, 0.6) is 0 Å². The van der Waals surface area contributed by atoms with Gasteiger partial charge in [0.25, 0.3) is 5.91 Å². The van der Waals surface area contributed by atoms with E-state index < -0.39 is 6.04 Å². The van der Waals surface area contributed by atoms with Gasteiger partial charge in [0.05, 0.1) is 16.9 Å². The number of rotatable bonds is 4. The minimum absolute atomic E-state index is 0.0988. The van der Waals surface area contributed by atoms with Gasteiger partial charge in [-0.15, -0.1) is 11.3 Å². The summed E-state index contributed by atoms with van der Waals surface area (Å²) in [6.07, 6.45) is 3.06. The number of para-hydroxylation sites is 1. The Morgan fingerprint density at radius 3 is 2.86 bits per heavy atom. The van der Waals surface area contributed by atoms with E-state index in [1.54, 1.807) is 24.3 Å². The maximum absolute atomic E-state index is 13.1. The van der Waals surface area contributed by atoms with Crippen LogP contribution >= 0.6 is 11.3 Å². The Hall–Kier alpha value is -2.74. The first-order valence-electron chi connectivity index (χ1n) is 9.43. The molecule has 0 saturated heterocycles. The fourth-order valence-corrected chi connectivity index (χ4v) is 4.70. The molecule has 0 bridgehead atoms. The number of nitrogens with one attached hydrogen (secondary N) is 2. The van der Waals surface area contributed by atoms with Gasteiger partial charge >= 0.3 is 0 Å². The van der Waals surface area contributed by atoms with Crippen LogP contribution in [-0.4, -0.2) is 35.3 Å². The molecular weight excluding hydrogens is 376 g/mol. The molecule has 1 aromatic carbocycles. The van der Waals surface area contributed by atoms with Crippen molar-refractivity contribution < 1.29 is 14.4 Å². The van der Waals surface area contributed by atoms with Crippen LogP contribution in [-0.2, 0) is 22.4 Å². The van der Waals surface area contributed by atoms with Crippen LogP contribution < -0.4 is 15.5 Å². The molecule has 1 aromatic heterocycles. The van der Waals surface area contributed by atoms with E-state index in [-0.39, 0.29) is 30.2 Å². The predicted molar refractivity (Wildman–Crippen MR) is 108 cm³/mol. The molecule has 0 saturated carbocycles. The lowest BCUT2D eigenvalue weighted by molar-refractivity contribution is -0.123. The summed E-state index contributed by atoms with van der Waals surface area (Å²) in [6.45, 7) is 3.57. The number of hydrogen-bond donors (Lipinski definition) is 2. The summed E-state index contributed by atoms with van der Waals surface area (Å²) < 4.78 is 0. The van der Waals surface area contributed by atoms with Gasteiger partial charge in [-0.05, 0) is 37.3 Å². The molecule has 1 atom stereocenters. The molecule has 1 unspecified atom stereocenters. The first-order valence-corrected chi connectivity index (χ1v) is 10.3. The molecule has 0 radical (unpaired) electrons. The molecule has 0 fully saturated rings. The summed E-state index contributed by atoms with van der Waals surface area (Å²) in [5, 5.41) is 6.18. The zero-order valence-corrected chi connectivity index (χ0v) is 16.6. The van der Waals surface area contributed by atoms with Crippen LogP contribution in [0.25, 0.3) is 0 Å². The Morgan fingerprint density at radius 2 is 2.11 bits per heavy atom. The highest BCUT2D eigenvalue weighted by atomic mass is 32.1. The second-order valence-corrected chi connectivity index (χ2v) is 8.51. The number of carbonyl (C=O) groups excluding carboxylic acids is 3. The molecule has 1 aliphatic heterocycles. The topological polar surface area (TPSA) is 91.4 Å². The van der Waals surface area contributed by atoms with Gasteiger partial charge < -0.3 is 15.5 Å². The highest BCUT2D eigenvalue weighted by Gasteiger charge is 2.36. The zero-order valence-electron chi connectivity index (χ0n) is 15.8. The van der Waals surface area contributed by atoms with Crippen molar-refractivity contribution in [1.82, 2.24) is 10.3 Å². The van der Waals surface area contributed by atoms with Crippen LogP contribution in [0.1, 0.15) is 41.2 Å². The number of hydrogen-bond acceptors (Lipinski definition) is 5. The molecule has 2 aromatic rings. The fraction of sp³-hybridized carbons (Fsp3) is 0.400. The number of benzene rings is 1. The molecule has 4 rings (SSSR count). The average Bonchev–Trinajstić information content (AvgIpc) is 3.22. The Morgan fingerprint density at radius 1 is 1.32 bits per heavy atom. The number of fused-ring (bicyclic) bond motifs is 2. The normalized spacial score (nSPS) is 18.5. The number of carbonyl (C=O) groups is 3.